The van der Waals surface area contributed by atoms with Crippen LogP contribution in [0.4, 0.5) is 0 Å². The Morgan fingerprint density at radius 3 is 2.95 bits per heavy atom. The standard InChI is InChI=1S/C16H20IN3O/c1-10(2)6-7-19-9-12-13(17)4-5-14-15(12)20(8-11(19)3)16(21)18-14/h4-6,11H,7-9H2,1-3H3,(H,18,21)/t11-/m0/s1. The Bertz CT molecular complexity index is 768. The van der Waals surface area contributed by atoms with E-state index in [1.165, 1.54) is 14.7 Å². The molecule has 1 aliphatic rings. The lowest BCUT2D eigenvalue weighted by Gasteiger charge is -2.26. The summed E-state index contributed by atoms with van der Waals surface area (Å²) in [4.78, 5) is 17.6. The number of nitrogens with zero attached hydrogens (tertiary/aromatic N) is 2. The third-order valence-electron chi connectivity index (χ3n) is 4.15. The van der Waals surface area contributed by atoms with Crippen LogP contribution in [-0.2, 0) is 13.1 Å². The SMILES string of the molecule is CC(C)=CCN1Cc2c(I)ccc3[nH]c(=O)n(c23)C[C@@H]1C. The van der Waals surface area contributed by atoms with Crippen LogP contribution in [0.25, 0.3) is 11.0 Å². The van der Waals surface area contributed by atoms with E-state index in [0.717, 1.165) is 30.7 Å². The van der Waals surface area contributed by atoms with Gasteiger partial charge < -0.3 is 4.98 Å². The first-order chi connectivity index (χ1) is 9.97. The molecule has 0 saturated carbocycles. The summed E-state index contributed by atoms with van der Waals surface area (Å²) >= 11 is 2.37. The Kier molecular flexibility index (Phi) is 3.96. The molecule has 1 atom stereocenters. The van der Waals surface area contributed by atoms with Crippen LogP contribution in [0.5, 0.6) is 0 Å². The average molecular weight is 397 g/mol. The molecule has 0 fully saturated rings. The maximum atomic E-state index is 12.2. The number of hydrogen-bond donors (Lipinski definition) is 1. The predicted molar refractivity (Wildman–Crippen MR) is 94.6 cm³/mol. The summed E-state index contributed by atoms with van der Waals surface area (Å²) in [6, 6.07) is 4.43. The molecule has 112 valence electrons. The Balaban J connectivity index is 2.12. The smallest absolute Gasteiger partial charge is 0.306 e. The Hall–Kier alpha value is -1.08. The third-order valence-corrected chi connectivity index (χ3v) is 5.16. The minimum atomic E-state index is 0.00386. The van der Waals surface area contributed by atoms with Crippen LogP contribution in [0.3, 0.4) is 0 Å². The zero-order chi connectivity index (χ0) is 15.1. The van der Waals surface area contributed by atoms with Crippen molar-refractivity contribution in [3.05, 3.63) is 43.4 Å². The molecule has 0 saturated heterocycles. The molecule has 21 heavy (non-hydrogen) atoms. The van der Waals surface area contributed by atoms with Crippen LogP contribution in [0.1, 0.15) is 26.3 Å². The lowest BCUT2D eigenvalue weighted by Crippen LogP contribution is -2.36. The molecule has 2 aromatic rings. The number of hydrogen-bond acceptors (Lipinski definition) is 2. The number of aromatic nitrogens is 2. The Labute approximate surface area is 138 Å². The first-order valence-electron chi connectivity index (χ1n) is 7.24. The van der Waals surface area contributed by atoms with Gasteiger partial charge in [0.1, 0.15) is 0 Å². The van der Waals surface area contributed by atoms with E-state index in [9.17, 15) is 4.79 Å². The lowest BCUT2D eigenvalue weighted by molar-refractivity contribution is 0.209. The number of benzene rings is 1. The van der Waals surface area contributed by atoms with Gasteiger partial charge in [-0.15, -0.1) is 0 Å². The molecule has 0 unspecified atom stereocenters. The molecule has 0 aliphatic carbocycles. The highest BCUT2D eigenvalue weighted by molar-refractivity contribution is 14.1. The van der Waals surface area contributed by atoms with Crippen molar-refractivity contribution in [2.45, 2.75) is 39.9 Å². The van der Waals surface area contributed by atoms with Gasteiger partial charge in [0.15, 0.2) is 0 Å². The van der Waals surface area contributed by atoms with Gasteiger partial charge in [-0.05, 0) is 55.5 Å². The van der Waals surface area contributed by atoms with Gasteiger partial charge in [0.2, 0.25) is 0 Å². The number of allylic oxidation sites excluding steroid dienone is 1. The van der Waals surface area contributed by atoms with Crippen molar-refractivity contribution in [2.75, 3.05) is 6.54 Å². The monoisotopic (exact) mass is 397 g/mol. The number of rotatable bonds is 2. The molecular formula is C16H20IN3O. The summed E-state index contributed by atoms with van der Waals surface area (Å²) < 4.78 is 3.13. The lowest BCUT2D eigenvalue weighted by atomic mass is 10.1. The van der Waals surface area contributed by atoms with E-state index in [2.05, 4.69) is 65.4 Å². The van der Waals surface area contributed by atoms with Crippen molar-refractivity contribution in [1.82, 2.24) is 14.5 Å². The molecule has 1 aromatic carbocycles. The highest BCUT2D eigenvalue weighted by Crippen LogP contribution is 2.27. The molecule has 5 heteroatoms. The fraction of sp³-hybridized carbons (Fsp3) is 0.438. The molecule has 1 aliphatic heterocycles. The summed E-state index contributed by atoms with van der Waals surface area (Å²) in [5.74, 6) is 0. The van der Waals surface area contributed by atoms with Gasteiger partial charge in [-0.3, -0.25) is 9.47 Å². The molecule has 0 spiro atoms. The van der Waals surface area contributed by atoms with Crippen molar-refractivity contribution in [1.29, 1.82) is 0 Å². The average Bonchev–Trinajstić information content (AvgIpc) is 2.64. The van der Waals surface area contributed by atoms with Gasteiger partial charge in [-0.2, -0.15) is 0 Å². The Morgan fingerprint density at radius 2 is 2.24 bits per heavy atom. The third kappa shape index (κ3) is 2.68. The minimum Gasteiger partial charge on any atom is -0.306 e. The zero-order valence-electron chi connectivity index (χ0n) is 12.6. The first kappa shape index (κ1) is 14.8. The van der Waals surface area contributed by atoms with Crippen molar-refractivity contribution in [2.24, 2.45) is 0 Å². The summed E-state index contributed by atoms with van der Waals surface area (Å²) in [5.41, 5.74) is 4.63. The second-order valence-electron chi connectivity index (χ2n) is 6.02. The molecule has 4 nitrogen and oxygen atoms in total. The maximum Gasteiger partial charge on any atom is 0.326 e. The molecule has 1 aromatic heterocycles. The summed E-state index contributed by atoms with van der Waals surface area (Å²) in [6.07, 6.45) is 2.26. The van der Waals surface area contributed by atoms with E-state index in [1.807, 2.05) is 10.6 Å². The van der Waals surface area contributed by atoms with Gasteiger partial charge >= 0.3 is 5.69 Å². The largest absolute Gasteiger partial charge is 0.326 e. The Morgan fingerprint density at radius 1 is 1.48 bits per heavy atom. The van der Waals surface area contributed by atoms with Gasteiger partial charge in [0.05, 0.1) is 11.0 Å². The normalized spacial score (nSPS) is 18.8. The molecule has 3 rings (SSSR count). The summed E-state index contributed by atoms with van der Waals surface area (Å²) in [5, 5.41) is 0. The predicted octanol–water partition coefficient (Wildman–Crippen LogP) is 3.10. The van der Waals surface area contributed by atoms with Crippen LogP contribution in [0.2, 0.25) is 0 Å². The topological polar surface area (TPSA) is 41.0 Å². The van der Waals surface area contributed by atoms with Crippen molar-refractivity contribution in [3.63, 3.8) is 0 Å². The number of imidazole rings is 1. The highest BCUT2D eigenvalue weighted by Gasteiger charge is 2.24. The molecule has 0 bridgehead atoms. The second-order valence-corrected chi connectivity index (χ2v) is 7.18. The zero-order valence-corrected chi connectivity index (χ0v) is 14.8. The number of H-pyrrole nitrogens is 1. The molecule has 1 N–H and O–H groups in total. The van der Waals surface area contributed by atoms with Crippen LogP contribution in [0.15, 0.2) is 28.6 Å². The van der Waals surface area contributed by atoms with Crippen LogP contribution in [-0.4, -0.2) is 27.0 Å². The van der Waals surface area contributed by atoms with Gasteiger partial charge in [0, 0.05) is 34.8 Å². The van der Waals surface area contributed by atoms with Crippen LogP contribution >= 0.6 is 22.6 Å². The molecule has 2 heterocycles. The van der Waals surface area contributed by atoms with E-state index in [-0.39, 0.29) is 5.69 Å². The highest BCUT2D eigenvalue weighted by atomic mass is 127. The fourth-order valence-electron chi connectivity index (χ4n) is 2.91. The van der Waals surface area contributed by atoms with Crippen molar-refractivity contribution >= 4 is 33.6 Å². The van der Waals surface area contributed by atoms with Crippen molar-refractivity contribution < 1.29 is 0 Å². The minimum absolute atomic E-state index is 0.00386. The van der Waals surface area contributed by atoms with Gasteiger partial charge in [0.25, 0.3) is 0 Å². The molecule has 0 amide bonds. The quantitative estimate of drug-likeness (QED) is 0.625. The number of aromatic amines is 1. The van der Waals surface area contributed by atoms with Gasteiger partial charge in [-0.1, -0.05) is 11.6 Å². The van der Waals surface area contributed by atoms with Gasteiger partial charge in [-0.25, -0.2) is 4.79 Å². The first-order valence-corrected chi connectivity index (χ1v) is 8.32. The van der Waals surface area contributed by atoms with E-state index in [1.54, 1.807) is 0 Å². The number of nitrogens with one attached hydrogen (secondary N) is 1. The second kappa shape index (κ2) is 5.61. The van der Waals surface area contributed by atoms with E-state index >= 15 is 0 Å². The van der Waals surface area contributed by atoms with Crippen LogP contribution < -0.4 is 5.69 Å². The summed E-state index contributed by atoms with van der Waals surface area (Å²) in [7, 11) is 0. The molecule has 0 radical (unpaired) electrons. The number of halogens is 1. The molecular weight excluding hydrogens is 377 g/mol. The van der Waals surface area contributed by atoms with E-state index in [0.29, 0.717) is 6.04 Å². The van der Waals surface area contributed by atoms with Crippen LogP contribution in [0, 0.1) is 3.57 Å². The van der Waals surface area contributed by atoms with E-state index < -0.39 is 0 Å². The summed E-state index contributed by atoms with van der Waals surface area (Å²) in [6.45, 7) is 9.00. The van der Waals surface area contributed by atoms with Crippen molar-refractivity contribution in [3.8, 4) is 0 Å². The fourth-order valence-corrected chi connectivity index (χ4v) is 3.52. The maximum absolute atomic E-state index is 12.2. The van der Waals surface area contributed by atoms with E-state index in [4.69, 9.17) is 0 Å².